The van der Waals surface area contributed by atoms with Crippen LogP contribution < -0.4 is 10.9 Å². The lowest BCUT2D eigenvalue weighted by Crippen LogP contribution is -2.39. The highest BCUT2D eigenvalue weighted by Gasteiger charge is 2.25. The number of nitrogens with zero attached hydrogens (tertiary/aromatic N) is 2. The summed E-state index contributed by atoms with van der Waals surface area (Å²) in [5, 5.41) is 3.09. The number of carbonyl (C=O) groups excluding carboxylic acids is 1. The van der Waals surface area contributed by atoms with Gasteiger partial charge in [0.25, 0.3) is 5.56 Å². The zero-order valence-corrected chi connectivity index (χ0v) is 17.3. The maximum atomic E-state index is 13.2. The SMILES string of the molecule is O=C(NCCN1CCCCC1)C1CCc2nc(-c3ccc(F)cc3)[nH]c(=O)c2CC1. The van der Waals surface area contributed by atoms with Gasteiger partial charge in [0, 0.05) is 30.1 Å². The summed E-state index contributed by atoms with van der Waals surface area (Å²) in [7, 11) is 0. The topological polar surface area (TPSA) is 78.1 Å². The van der Waals surface area contributed by atoms with E-state index in [-0.39, 0.29) is 23.2 Å². The fourth-order valence-electron chi connectivity index (χ4n) is 4.45. The van der Waals surface area contributed by atoms with E-state index in [9.17, 15) is 14.0 Å². The van der Waals surface area contributed by atoms with Crippen LogP contribution >= 0.6 is 0 Å². The Hall–Kier alpha value is -2.54. The van der Waals surface area contributed by atoms with E-state index < -0.39 is 0 Å². The highest BCUT2D eigenvalue weighted by molar-refractivity contribution is 5.78. The minimum Gasteiger partial charge on any atom is -0.355 e. The molecule has 1 aromatic heterocycles. The van der Waals surface area contributed by atoms with Crippen LogP contribution in [0.15, 0.2) is 29.1 Å². The third-order valence-electron chi connectivity index (χ3n) is 6.24. The van der Waals surface area contributed by atoms with Crippen molar-refractivity contribution in [2.75, 3.05) is 26.2 Å². The Morgan fingerprint density at radius 1 is 1.13 bits per heavy atom. The van der Waals surface area contributed by atoms with Crippen molar-refractivity contribution >= 4 is 5.91 Å². The van der Waals surface area contributed by atoms with Crippen LogP contribution in [0.2, 0.25) is 0 Å². The van der Waals surface area contributed by atoms with Crippen molar-refractivity contribution in [1.82, 2.24) is 20.2 Å². The van der Waals surface area contributed by atoms with Gasteiger partial charge in [0.15, 0.2) is 0 Å². The maximum Gasteiger partial charge on any atom is 0.254 e. The molecule has 1 aromatic carbocycles. The average Bonchev–Trinajstić information content (AvgIpc) is 2.98. The molecule has 0 spiro atoms. The van der Waals surface area contributed by atoms with E-state index in [1.54, 1.807) is 12.1 Å². The Labute approximate surface area is 175 Å². The quantitative estimate of drug-likeness (QED) is 0.740. The fraction of sp³-hybridized carbons (Fsp3) is 0.522. The normalized spacial score (nSPS) is 19.7. The third-order valence-corrected chi connectivity index (χ3v) is 6.24. The first-order valence-corrected chi connectivity index (χ1v) is 11.0. The van der Waals surface area contributed by atoms with Crippen molar-refractivity contribution in [3.63, 3.8) is 0 Å². The molecule has 0 bridgehead atoms. The van der Waals surface area contributed by atoms with E-state index in [4.69, 9.17) is 0 Å². The Balaban J connectivity index is 1.37. The summed E-state index contributed by atoms with van der Waals surface area (Å²) in [6, 6.07) is 5.92. The van der Waals surface area contributed by atoms with E-state index in [1.165, 1.54) is 31.4 Å². The number of likely N-dealkylation sites (tertiary alicyclic amines) is 1. The molecule has 2 N–H and O–H groups in total. The number of fused-ring (bicyclic) bond motifs is 1. The molecule has 1 aliphatic heterocycles. The van der Waals surface area contributed by atoms with E-state index in [2.05, 4.69) is 20.2 Å². The van der Waals surface area contributed by atoms with Crippen molar-refractivity contribution in [3.8, 4) is 11.4 Å². The van der Waals surface area contributed by atoms with Crippen molar-refractivity contribution in [2.24, 2.45) is 5.92 Å². The Bertz CT molecular complexity index is 935. The number of halogens is 1. The Morgan fingerprint density at radius 3 is 2.63 bits per heavy atom. The van der Waals surface area contributed by atoms with Gasteiger partial charge in [-0.15, -0.1) is 0 Å². The van der Waals surface area contributed by atoms with Gasteiger partial charge in [0.05, 0.1) is 5.69 Å². The van der Waals surface area contributed by atoms with E-state index in [0.717, 1.165) is 25.3 Å². The summed E-state index contributed by atoms with van der Waals surface area (Å²) >= 11 is 0. The molecule has 2 aromatic rings. The number of rotatable bonds is 5. The van der Waals surface area contributed by atoms with Gasteiger partial charge in [-0.25, -0.2) is 9.37 Å². The largest absolute Gasteiger partial charge is 0.355 e. The van der Waals surface area contributed by atoms with Crippen LogP contribution in [0.3, 0.4) is 0 Å². The number of hydrogen-bond donors (Lipinski definition) is 2. The minimum atomic E-state index is -0.329. The number of carbonyl (C=O) groups is 1. The molecule has 7 heteroatoms. The first-order chi connectivity index (χ1) is 14.6. The molecule has 1 saturated heterocycles. The van der Waals surface area contributed by atoms with Crippen molar-refractivity contribution in [3.05, 3.63) is 51.7 Å². The lowest BCUT2D eigenvalue weighted by Gasteiger charge is -2.26. The van der Waals surface area contributed by atoms with Crippen LogP contribution in [0, 0.1) is 11.7 Å². The van der Waals surface area contributed by atoms with Crippen molar-refractivity contribution < 1.29 is 9.18 Å². The van der Waals surface area contributed by atoms with Crippen LogP contribution in [-0.4, -0.2) is 47.0 Å². The molecule has 1 unspecified atom stereocenters. The number of benzene rings is 1. The van der Waals surface area contributed by atoms with Crippen LogP contribution in [0.1, 0.15) is 43.4 Å². The van der Waals surface area contributed by atoms with Gasteiger partial charge in [-0.1, -0.05) is 6.42 Å². The molecule has 6 nitrogen and oxygen atoms in total. The monoisotopic (exact) mass is 412 g/mol. The molecular weight excluding hydrogens is 383 g/mol. The van der Waals surface area contributed by atoms with Crippen LogP contribution in [0.5, 0.6) is 0 Å². The highest BCUT2D eigenvalue weighted by Crippen LogP contribution is 2.23. The van der Waals surface area contributed by atoms with E-state index in [0.29, 0.717) is 49.2 Å². The van der Waals surface area contributed by atoms with Crippen molar-refractivity contribution in [2.45, 2.75) is 44.9 Å². The zero-order chi connectivity index (χ0) is 20.9. The van der Waals surface area contributed by atoms with Gasteiger partial charge in [0.1, 0.15) is 11.6 Å². The third kappa shape index (κ3) is 4.95. The molecule has 2 heterocycles. The summed E-state index contributed by atoms with van der Waals surface area (Å²) in [6.45, 7) is 3.83. The second kappa shape index (κ2) is 9.51. The van der Waals surface area contributed by atoms with Crippen LogP contribution in [-0.2, 0) is 17.6 Å². The molecule has 1 atom stereocenters. The van der Waals surface area contributed by atoms with Crippen molar-refractivity contribution in [1.29, 1.82) is 0 Å². The summed E-state index contributed by atoms with van der Waals surface area (Å²) in [4.78, 5) is 35.2. The summed E-state index contributed by atoms with van der Waals surface area (Å²) in [5.74, 6) is 0.0948. The predicted molar refractivity (Wildman–Crippen MR) is 114 cm³/mol. The number of aromatic amines is 1. The first-order valence-electron chi connectivity index (χ1n) is 11.0. The predicted octanol–water partition coefficient (Wildman–Crippen LogP) is 2.67. The molecule has 1 fully saturated rings. The first kappa shape index (κ1) is 20.7. The number of aromatic nitrogens is 2. The smallest absolute Gasteiger partial charge is 0.254 e. The van der Waals surface area contributed by atoms with Gasteiger partial charge >= 0.3 is 0 Å². The highest BCUT2D eigenvalue weighted by atomic mass is 19.1. The van der Waals surface area contributed by atoms with Gasteiger partial charge < -0.3 is 15.2 Å². The lowest BCUT2D eigenvalue weighted by atomic mass is 9.99. The Kier molecular flexibility index (Phi) is 6.57. The molecule has 30 heavy (non-hydrogen) atoms. The average molecular weight is 413 g/mol. The summed E-state index contributed by atoms with van der Waals surface area (Å²) in [5.41, 5.74) is 1.93. The zero-order valence-electron chi connectivity index (χ0n) is 17.3. The van der Waals surface area contributed by atoms with E-state index >= 15 is 0 Å². The molecule has 1 amide bonds. The molecule has 160 valence electrons. The second-order valence-corrected chi connectivity index (χ2v) is 8.31. The molecule has 0 saturated carbocycles. The summed E-state index contributed by atoms with van der Waals surface area (Å²) in [6.07, 6.45) is 6.28. The number of hydrogen-bond acceptors (Lipinski definition) is 4. The molecule has 2 aliphatic rings. The molecular formula is C23H29FN4O2. The van der Waals surface area contributed by atoms with Gasteiger partial charge in [-0.2, -0.15) is 0 Å². The van der Waals surface area contributed by atoms with Crippen LogP contribution in [0.25, 0.3) is 11.4 Å². The van der Waals surface area contributed by atoms with Gasteiger partial charge in [-0.05, 0) is 75.9 Å². The van der Waals surface area contributed by atoms with E-state index in [1.807, 2.05) is 0 Å². The lowest BCUT2D eigenvalue weighted by molar-refractivity contribution is -0.125. The number of aryl methyl sites for hydroxylation is 1. The van der Waals surface area contributed by atoms with Gasteiger partial charge in [-0.3, -0.25) is 9.59 Å². The Morgan fingerprint density at radius 2 is 1.87 bits per heavy atom. The molecule has 0 radical (unpaired) electrons. The number of amides is 1. The maximum absolute atomic E-state index is 13.2. The molecule has 4 rings (SSSR count). The standard InChI is InChI=1S/C23H29FN4O2/c24-18-8-4-16(5-9-18)21-26-20-11-7-17(6-10-19(20)23(30)27-21)22(29)25-12-15-28-13-2-1-3-14-28/h4-5,8-9,17H,1-3,6-7,10-15H2,(H,25,29)(H,26,27,30). The number of piperidine rings is 1. The second-order valence-electron chi connectivity index (χ2n) is 8.31. The number of nitrogens with one attached hydrogen (secondary N) is 2. The van der Waals surface area contributed by atoms with Crippen LogP contribution in [0.4, 0.5) is 4.39 Å². The van der Waals surface area contributed by atoms with Gasteiger partial charge in [0.2, 0.25) is 5.91 Å². The summed E-state index contributed by atoms with van der Waals surface area (Å²) < 4.78 is 13.2. The fourth-order valence-corrected chi connectivity index (χ4v) is 4.45. The molecule has 1 aliphatic carbocycles. The number of H-pyrrole nitrogens is 1. The minimum absolute atomic E-state index is 0.0787.